The molecule has 0 amide bonds. The Labute approximate surface area is 95.4 Å². The van der Waals surface area contributed by atoms with Gasteiger partial charge in [0.15, 0.2) is 0 Å². The van der Waals surface area contributed by atoms with Crippen molar-refractivity contribution in [3.8, 4) is 0 Å². The fraction of sp³-hybridized carbons (Fsp3) is 0.125. The molecule has 1 atom stereocenters. The SMILES string of the molecule is O=P(O)(O)OC1(O)C=Nc2cc(Cl)ccc21. The molecular weight excluding hydrogens is 257 g/mol. The molecule has 1 aromatic carbocycles. The summed E-state index contributed by atoms with van der Waals surface area (Å²) in [6.07, 6.45) is 0.910. The second kappa shape index (κ2) is 3.63. The Kier molecular flexibility index (Phi) is 2.66. The van der Waals surface area contributed by atoms with Crippen molar-refractivity contribution >= 4 is 31.3 Å². The van der Waals surface area contributed by atoms with Crippen molar-refractivity contribution in [1.29, 1.82) is 0 Å². The quantitative estimate of drug-likeness (QED) is 0.552. The molecule has 86 valence electrons. The van der Waals surface area contributed by atoms with E-state index in [-0.39, 0.29) is 5.56 Å². The zero-order valence-electron chi connectivity index (χ0n) is 7.74. The normalized spacial score (nSPS) is 23.5. The maximum absolute atomic E-state index is 10.7. The zero-order chi connectivity index (χ0) is 12.0. The summed E-state index contributed by atoms with van der Waals surface area (Å²) in [4.78, 5) is 21.1. The van der Waals surface area contributed by atoms with Crippen molar-refractivity contribution in [3.63, 3.8) is 0 Å². The van der Waals surface area contributed by atoms with Crippen LogP contribution in [0.2, 0.25) is 5.02 Å². The first-order valence-electron chi connectivity index (χ1n) is 4.14. The van der Waals surface area contributed by atoms with Crippen LogP contribution in [0.3, 0.4) is 0 Å². The molecule has 0 aromatic heterocycles. The largest absolute Gasteiger partial charge is 0.472 e. The van der Waals surface area contributed by atoms with Gasteiger partial charge in [0.1, 0.15) is 0 Å². The summed E-state index contributed by atoms with van der Waals surface area (Å²) in [5, 5.41) is 10.3. The number of halogens is 1. The third-order valence-electron chi connectivity index (χ3n) is 1.98. The zero-order valence-corrected chi connectivity index (χ0v) is 9.39. The van der Waals surface area contributed by atoms with E-state index >= 15 is 0 Å². The number of aliphatic hydroxyl groups is 1. The molecule has 3 N–H and O–H groups in total. The predicted octanol–water partition coefficient (Wildman–Crippen LogP) is 1.31. The molecule has 0 spiro atoms. The van der Waals surface area contributed by atoms with Gasteiger partial charge in [0.25, 0.3) is 0 Å². The summed E-state index contributed by atoms with van der Waals surface area (Å²) in [6, 6.07) is 4.30. The molecule has 0 saturated heterocycles. The van der Waals surface area contributed by atoms with Gasteiger partial charge in [0, 0.05) is 10.6 Å². The lowest BCUT2D eigenvalue weighted by Gasteiger charge is -2.21. The lowest BCUT2D eigenvalue weighted by molar-refractivity contribution is -0.0898. The lowest BCUT2D eigenvalue weighted by atomic mass is 10.1. The van der Waals surface area contributed by atoms with E-state index < -0.39 is 13.6 Å². The van der Waals surface area contributed by atoms with Crippen molar-refractivity contribution in [1.82, 2.24) is 0 Å². The second-order valence-corrected chi connectivity index (χ2v) is 4.80. The number of phosphoric ester groups is 1. The van der Waals surface area contributed by atoms with E-state index in [1.807, 2.05) is 0 Å². The van der Waals surface area contributed by atoms with Gasteiger partial charge in [-0.2, -0.15) is 0 Å². The highest BCUT2D eigenvalue weighted by Gasteiger charge is 2.41. The molecule has 0 bridgehead atoms. The van der Waals surface area contributed by atoms with Gasteiger partial charge in [-0.1, -0.05) is 11.6 Å². The summed E-state index contributed by atoms with van der Waals surface area (Å²) in [7, 11) is -4.82. The van der Waals surface area contributed by atoms with Crippen molar-refractivity contribution in [2.45, 2.75) is 5.79 Å². The van der Waals surface area contributed by atoms with Crippen LogP contribution in [0.4, 0.5) is 5.69 Å². The topological polar surface area (TPSA) is 99.4 Å². The average Bonchev–Trinajstić information content (AvgIpc) is 2.40. The van der Waals surface area contributed by atoms with E-state index in [0.29, 0.717) is 10.7 Å². The van der Waals surface area contributed by atoms with Crippen molar-refractivity contribution in [3.05, 3.63) is 28.8 Å². The van der Waals surface area contributed by atoms with Crippen LogP contribution >= 0.6 is 19.4 Å². The number of phosphoric acid groups is 1. The van der Waals surface area contributed by atoms with E-state index in [0.717, 1.165) is 6.21 Å². The van der Waals surface area contributed by atoms with Crippen molar-refractivity contribution in [2.24, 2.45) is 4.99 Å². The van der Waals surface area contributed by atoms with E-state index in [4.69, 9.17) is 21.4 Å². The maximum atomic E-state index is 10.7. The Morgan fingerprint density at radius 1 is 1.44 bits per heavy atom. The molecule has 1 aromatic rings. The van der Waals surface area contributed by atoms with Gasteiger partial charge in [0.2, 0.25) is 5.79 Å². The molecule has 0 saturated carbocycles. The molecule has 16 heavy (non-hydrogen) atoms. The number of hydrogen-bond acceptors (Lipinski definition) is 4. The van der Waals surface area contributed by atoms with E-state index in [2.05, 4.69) is 9.52 Å². The fourth-order valence-corrected chi connectivity index (χ4v) is 2.07. The highest BCUT2D eigenvalue weighted by atomic mass is 35.5. The Balaban J connectivity index is 2.43. The average molecular weight is 264 g/mol. The van der Waals surface area contributed by atoms with Gasteiger partial charge in [-0.3, -0.25) is 4.99 Å². The number of nitrogens with zero attached hydrogens (tertiary/aromatic N) is 1. The number of fused-ring (bicyclic) bond motifs is 1. The molecule has 0 radical (unpaired) electrons. The van der Waals surface area contributed by atoms with Crippen LogP contribution in [0.1, 0.15) is 5.56 Å². The standard InChI is InChI=1S/C8H7ClNO5P/c9-5-1-2-6-7(3-5)10-4-8(6,11)15-16(12,13)14/h1-4,11H,(H2,12,13,14). The summed E-state index contributed by atoms with van der Waals surface area (Å²) in [6.45, 7) is 0. The molecule has 2 rings (SSSR count). The van der Waals surface area contributed by atoms with Gasteiger partial charge in [-0.15, -0.1) is 0 Å². The molecule has 1 unspecified atom stereocenters. The molecule has 0 fully saturated rings. The lowest BCUT2D eigenvalue weighted by Crippen LogP contribution is -2.27. The first-order chi connectivity index (χ1) is 7.30. The summed E-state index contributed by atoms with van der Waals surface area (Å²) < 4.78 is 15.0. The Morgan fingerprint density at radius 3 is 2.75 bits per heavy atom. The van der Waals surface area contributed by atoms with Crippen LogP contribution in [0.25, 0.3) is 0 Å². The Hall–Kier alpha value is -0.750. The Morgan fingerprint density at radius 2 is 2.12 bits per heavy atom. The monoisotopic (exact) mass is 263 g/mol. The minimum atomic E-state index is -4.82. The number of benzene rings is 1. The minimum absolute atomic E-state index is 0.139. The van der Waals surface area contributed by atoms with Crippen LogP contribution < -0.4 is 0 Å². The first-order valence-corrected chi connectivity index (χ1v) is 6.05. The molecule has 8 heteroatoms. The molecule has 1 aliphatic heterocycles. The van der Waals surface area contributed by atoms with Gasteiger partial charge in [-0.05, 0) is 18.2 Å². The fourth-order valence-electron chi connectivity index (χ4n) is 1.40. The smallest absolute Gasteiger partial charge is 0.357 e. The third kappa shape index (κ3) is 2.17. The van der Waals surface area contributed by atoms with Crippen LogP contribution in [-0.2, 0) is 14.9 Å². The van der Waals surface area contributed by atoms with Gasteiger partial charge in [-0.25, -0.2) is 9.09 Å². The second-order valence-electron chi connectivity index (χ2n) is 3.20. The van der Waals surface area contributed by atoms with Crippen LogP contribution in [0, 0.1) is 0 Å². The number of aliphatic imine (C=N–C) groups is 1. The van der Waals surface area contributed by atoms with Gasteiger partial charge < -0.3 is 14.9 Å². The molecule has 6 nitrogen and oxygen atoms in total. The van der Waals surface area contributed by atoms with E-state index in [1.54, 1.807) is 0 Å². The van der Waals surface area contributed by atoms with Gasteiger partial charge in [0.05, 0.1) is 11.9 Å². The van der Waals surface area contributed by atoms with Crippen LogP contribution in [0.5, 0.6) is 0 Å². The predicted molar refractivity (Wildman–Crippen MR) is 56.6 cm³/mol. The molecular formula is C8H7ClNO5P. The van der Waals surface area contributed by atoms with E-state index in [9.17, 15) is 9.67 Å². The third-order valence-corrected chi connectivity index (χ3v) is 2.73. The first kappa shape index (κ1) is 11.7. The highest BCUT2D eigenvalue weighted by Crippen LogP contribution is 2.48. The van der Waals surface area contributed by atoms with Crippen molar-refractivity contribution in [2.75, 3.05) is 0 Å². The van der Waals surface area contributed by atoms with Crippen LogP contribution in [-0.4, -0.2) is 21.1 Å². The number of hydrogen-bond donors (Lipinski definition) is 3. The minimum Gasteiger partial charge on any atom is -0.357 e. The van der Waals surface area contributed by atoms with Crippen LogP contribution in [0.15, 0.2) is 23.2 Å². The Bertz CT molecular complexity index is 513. The summed E-state index contributed by atoms with van der Waals surface area (Å²) in [5.74, 6) is -2.21. The molecule has 0 aliphatic carbocycles. The number of rotatable bonds is 2. The summed E-state index contributed by atoms with van der Waals surface area (Å²) in [5.41, 5.74) is 0.448. The highest BCUT2D eigenvalue weighted by molar-refractivity contribution is 7.46. The summed E-state index contributed by atoms with van der Waals surface area (Å²) >= 11 is 5.70. The maximum Gasteiger partial charge on any atom is 0.472 e. The molecule has 1 heterocycles. The van der Waals surface area contributed by atoms with Gasteiger partial charge >= 0.3 is 7.82 Å². The van der Waals surface area contributed by atoms with Crippen molar-refractivity contribution < 1.29 is 24.0 Å². The molecule has 1 aliphatic rings. The van der Waals surface area contributed by atoms with E-state index in [1.165, 1.54) is 18.2 Å².